The van der Waals surface area contributed by atoms with Gasteiger partial charge in [-0.05, 0) is 138 Å². The highest BCUT2D eigenvalue weighted by Gasteiger charge is 2.37. The Balaban J connectivity index is 3.69. The highest BCUT2D eigenvalue weighted by molar-refractivity contribution is 5.98. The molecular weight excluding hydrogens is 1060 g/mol. The van der Waals surface area contributed by atoms with E-state index in [-0.39, 0.29) is 81.6 Å². The zero-order valence-electron chi connectivity index (χ0n) is 51.4. The lowest BCUT2D eigenvalue weighted by Gasteiger charge is -2.30. The lowest BCUT2D eigenvalue weighted by Crippen LogP contribution is -2.61. The van der Waals surface area contributed by atoms with Crippen LogP contribution in [0.3, 0.4) is 0 Å². The van der Waals surface area contributed by atoms with E-state index < -0.39 is 119 Å². The molecule has 19 N–H and O–H groups in total. The first-order valence-corrected chi connectivity index (χ1v) is 30.1. The summed E-state index contributed by atoms with van der Waals surface area (Å²) in [5, 5.41) is 25.1. The van der Waals surface area contributed by atoms with Crippen LogP contribution >= 0.6 is 0 Å². The molecule has 1 aromatic rings. The maximum Gasteiger partial charge on any atom is 0.243 e. The lowest BCUT2D eigenvalue weighted by atomic mass is 9.96. The van der Waals surface area contributed by atoms with Gasteiger partial charge in [0.2, 0.25) is 59.1 Å². The molecule has 83 heavy (non-hydrogen) atoms. The van der Waals surface area contributed by atoms with Crippen molar-refractivity contribution in [3.8, 4) is 0 Å². The number of unbranched alkanes of at least 4 members (excludes halogenated alkanes) is 3. The largest absolute Gasteiger partial charge is 0.368 e. The van der Waals surface area contributed by atoms with Gasteiger partial charge in [-0.3, -0.25) is 47.9 Å². The number of hydrogen-bond donors (Lipinski definition) is 14. The van der Waals surface area contributed by atoms with Gasteiger partial charge in [0.15, 0.2) is 0 Å². The molecule has 24 nitrogen and oxygen atoms in total. The second-order valence-electron chi connectivity index (χ2n) is 23.6. The summed E-state index contributed by atoms with van der Waals surface area (Å²) in [4.78, 5) is 139. The van der Waals surface area contributed by atoms with Crippen LogP contribution in [-0.2, 0) is 54.4 Å². The van der Waals surface area contributed by atoms with Crippen molar-refractivity contribution < 1.29 is 47.9 Å². The summed E-state index contributed by atoms with van der Waals surface area (Å²) < 4.78 is 0. The number of primary amides is 1. The van der Waals surface area contributed by atoms with Gasteiger partial charge in [-0.15, -0.1) is 0 Å². The second kappa shape index (κ2) is 40.9. The van der Waals surface area contributed by atoms with Crippen LogP contribution < -0.4 is 76.5 Å². The first-order valence-electron chi connectivity index (χ1n) is 30.1. The number of nitrogens with one attached hydrogen (secondary N) is 9. The summed E-state index contributed by atoms with van der Waals surface area (Å²) in [6, 6.07) is -1.44. The highest BCUT2D eigenvalue weighted by atomic mass is 16.2. The van der Waals surface area contributed by atoms with Crippen LogP contribution in [0.4, 0.5) is 0 Å². The van der Waals surface area contributed by atoms with Crippen molar-refractivity contribution in [2.45, 2.75) is 220 Å². The number of amides is 10. The molecule has 0 bridgehead atoms. The molecule has 10 amide bonds. The lowest BCUT2D eigenvalue weighted by molar-refractivity contribution is -0.136. The Hall–Kier alpha value is -6.24. The molecule has 0 aliphatic rings. The zero-order valence-corrected chi connectivity index (χ0v) is 51.4. The molecule has 0 aliphatic carbocycles. The number of hydrogen-bond acceptors (Lipinski definition) is 14. The molecule has 0 aliphatic heterocycles. The summed E-state index contributed by atoms with van der Waals surface area (Å²) in [5.74, 6) is -7.29. The Morgan fingerprint density at radius 2 is 0.699 bits per heavy atom. The first kappa shape index (κ1) is 74.8. The Labute approximate surface area is 493 Å². The number of nitrogens with two attached hydrogens (primary N) is 5. The monoisotopic (exact) mass is 1170 g/mol. The topological polar surface area (TPSA) is 409 Å². The quantitative estimate of drug-likeness (QED) is 0.0400. The van der Waals surface area contributed by atoms with Crippen molar-refractivity contribution in [3.63, 3.8) is 0 Å². The van der Waals surface area contributed by atoms with E-state index in [0.29, 0.717) is 70.1 Å². The van der Waals surface area contributed by atoms with Crippen LogP contribution in [-0.4, -0.2) is 140 Å². The molecule has 1 rings (SSSR count). The molecule has 10 atom stereocenters. The minimum absolute atomic E-state index is 0.00161. The van der Waals surface area contributed by atoms with Crippen molar-refractivity contribution in [2.24, 2.45) is 58.3 Å². The minimum atomic E-state index is -1.30. The van der Waals surface area contributed by atoms with Gasteiger partial charge in [0.25, 0.3) is 0 Å². The van der Waals surface area contributed by atoms with E-state index in [0.717, 1.165) is 0 Å². The molecule has 0 saturated carbocycles. The normalized spacial score (nSPS) is 15.1. The Morgan fingerprint density at radius 3 is 1.05 bits per heavy atom. The van der Waals surface area contributed by atoms with Gasteiger partial charge in [-0.25, -0.2) is 0 Å². The third-order valence-corrected chi connectivity index (χ3v) is 14.0. The summed E-state index contributed by atoms with van der Waals surface area (Å²) in [7, 11) is 0. The predicted octanol–water partition coefficient (Wildman–Crippen LogP) is 0.654. The molecule has 0 radical (unpaired) electrons. The van der Waals surface area contributed by atoms with Gasteiger partial charge in [-0.2, -0.15) is 0 Å². The molecule has 24 heteroatoms. The van der Waals surface area contributed by atoms with Crippen LogP contribution in [0.2, 0.25) is 0 Å². The van der Waals surface area contributed by atoms with Crippen molar-refractivity contribution in [2.75, 3.05) is 26.2 Å². The van der Waals surface area contributed by atoms with Crippen LogP contribution in [0.15, 0.2) is 30.3 Å². The van der Waals surface area contributed by atoms with E-state index in [4.69, 9.17) is 28.7 Å². The SMILES string of the molecule is CC[C@H](C)[C@H](NC(=O)[C@H](Cc1ccccc1)NC(=O)[C@H](CCCCN)NC(=O)[C@H](CC(C)C)NC(=O)[C@H](CC(C)C)NC(=O)CN)C(=O)N[C@@H](CCCCN)C(=O)N[C@@H](CCCCN)C(=O)N[C@@H](CC(C)C)C(=O)N[C@@H](CC(C)C)C(N)=O. The van der Waals surface area contributed by atoms with Gasteiger partial charge in [0.05, 0.1) is 6.54 Å². The van der Waals surface area contributed by atoms with Gasteiger partial charge in [0.1, 0.15) is 54.4 Å². The van der Waals surface area contributed by atoms with Gasteiger partial charge in [-0.1, -0.05) is 106 Å². The number of rotatable bonds is 43. The summed E-state index contributed by atoms with van der Waals surface area (Å²) in [6.07, 6.45) is 4.42. The zero-order chi connectivity index (χ0) is 62.8. The van der Waals surface area contributed by atoms with Crippen molar-refractivity contribution >= 4 is 59.1 Å². The number of carbonyl (C=O) groups is 10. The Bertz CT molecular complexity index is 2170. The van der Waals surface area contributed by atoms with Gasteiger partial charge in [0, 0.05) is 6.42 Å². The number of carbonyl (C=O) groups excluding carboxylic acids is 10. The smallest absolute Gasteiger partial charge is 0.243 e. The molecule has 0 spiro atoms. The average Bonchev–Trinajstić information content (AvgIpc) is 3.48. The molecule has 0 unspecified atom stereocenters. The van der Waals surface area contributed by atoms with E-state index >= 15 is 0 Å². The molecular formula is C59H106N14O10. The summed E-state index contributed by atoms with van der Waals surface area (Å²) in [5.41, 5.74) is 29.3. The molecule has 472 valence electrons. The number of benzene rings is 1. The Morgan fingerprint density at radius 1 is 0.386 bits per heavy atom. The maximum atomic E-state index is 14.7. The molecule has 1 aromatic carbocycles. The molecule has 0 aromatic heterocycles. The minimum Gasteiger partial charge on any atom is -0.368 e. The van der Waals surface area contributed by atoms with Crippen LogP contribution in [0.5, 0.6) is 0 Å². The highest BCUT2D eigenvalue weighted by Crippen LogP contribution is 2.16. The molecule has 0 fully saturated rings. The van der Waals surface area contributed by atoms with E-state index in [9.17, 15) is 47.9 Å². The maximum absolute atomic E-state index is 14.7. The van der Waals surface area contributed by atoms with Gasteiger partial charge >= 0.3 is 0 Å². The third kappa shape index (κ3) is 30.2. The molecule has 0 heterocycles. The van der Waals surface area contributed by atoms with Crippen molar-refractivity contribution in [1.29, 1.82) is 0 Å². The summed E-state index contributed by atoms with van der Waals surface area (Å²) >= 11 is 0. The van der Waals surface area contributed by atoms with Crippen molar-refractivity contribution in [3.05, 3.63) is 35.9 Å². The van der Waals surface area contributed by atoms with E-state index in [1.54, 1.807) is 37.3 Å². The second-order valence-corrected chi connectivity index (χ2v) is 23.6. The third-order valence-electron chi connectivity index (χ3n) is 14.0. The standard InChI is InChI=1S/C59H106N14O10/c1-11-39(10)50(59(83)68-43(25-17-20-28-62)52(76)66-41(23-15-18-26-60)53(77)70-47(32-38(8)9)57(81)69-44(51(64)75)29-35(2)3)73-58(82)48(33-40-21-13-12-14-22-40)72-54(78)42(24-16-19-27-61)67-56(80)46(31-37(6)7)71-55(79)45(30-36(4)5)65-49(74)34-63/h12-14,21-22,35-39,41-48,50H,11,15-20,23-34,60-63H2,1-10H3,(H2,64,75)(H,65,74)(H,66,76)(H,67,80)(H,68,83)(H,69,81)(H,70,77)(H,71,79)(H,72,78)(H,73,82)/t39-,41-,42-,43-,44-,45-,46-,47-,48-,50-/m0/s1. The fourth-order valence-corrected chi connectivity index (χ4v) is 9.27. The Kier molecular flexibility index (Phi) is 36.8. The van der Waals surface area contributed by atoms with E-state index in [1.807, 2.05) is 62.3 Å². The fourth-order valence-electron chi connectivity index (χ4n) is 9.27. The van der Waals surface area contributed by atoms with Crippen LogP contribution in [0.25, 0.3) is 0 Å². The predicted molar refractivity (Wildman–Crippen MR) is 322 cm³/mol. The first-order chi connectivity index (χ1) is 39.2. The van der Waals surface area contributed by atoms with E-state index in [1.165, 1.54) is 0 Å². The van der Waals surface area contributed by atoms with Crippen LogP contribution in [0.1, 0.15) is 165 Å². The van der Waals surface area contributed by atoms with Crippen LogP contribution in [0, 0.1) is 29.6 Å². The van der Waals surface area contributed by atoms with Gasteiger partial charge < -0.3 is 76.5 Å². The van der Waals surface area contributed by atoms with E-state index in [2.05, 4.69) is 47.9 Å². The summed E-state index contributed by atoms with van der Waals surface area (Å²) in [6.45, 7) is 19.2. The fraction of sp³-hybridized carbons (Fsp3) is 0.729. The average molecular weight is 1170 g/mol. The molecule has 0 saturated heterocycles. The van der Waals surface area contributed by atoms with Crippen molar-refractivity contribution in [1.82, 2.24) is 47.9 Å².